The summed E-state index contributed by atoms with van der Waals surface area (Å²) in [6, 6.07) is 56.8. The lowest BCUT2D eigenvalue weighted by Gasteiger charge is -2.15. The van der Waals surface area contributed by atoms with E-state index in [1.807, 2.05) is 18.2 Å². The molecule has 2 heterocycles. The quantitative estimate of drug-likeness (QED) is 0.193. The molecule has 0 fully saturated rings. The molecule has 0 aliphatic carbocycles. The Bertz CT molecular complexity index is 2540. The average Bonchev–Trinajstić information content (AvgIpc) is 3.67. The molecular formula is C47H40N2. The standard InChI is InChI=1S/C40H32N2.C7H8/c1-3-10-28-19-20-29(25-35(28)31-12-5-4-11-26(31)2)27-21-23-30(24-22-27)41-36-16-9-18-38-39(36)34-15-8-14-33-32-13-6-7-17-37(32)42(38)40(33)34;1-7-5-3-2-4-6-7/h4-9,11-25,41H,3,10H2,1-2H3;2-6H,1H3. The summed E-state index contributed by atoms with van der Waals surface area (Å²) in [7, 11) is 0. The van der Waals surface area contributed by atoms with Gasteiger partial charge in [-0.1, -0.05) is 140 Å². The zero-order chi connectivity index (χ0) is 33.3. The van der Waals surface area contributed by atoms with Crippen molar-refractivity contribution >= 4 is 49.5 Å². The highest BCUT2D eigenvalue weighted by atomic mass is 14.9. The zero-order valence-corrected chi connectivity index (χ0v) is 28.4. The van der Waals surface area contributed by atoms with Crippen LogP contribution in [0.4, 0.5) is 11.4 Å². The van der Waals surface area contributed by atoms with E-state index >= 15 is 0 Å². The number of hydrogen-bond acceptors (Lipinski definition) is 1. The molecule has 0 saturated heterocycles. The summed E-state index contributed by atoms with van der Waals surface area (Å²) in [6.45, 7) is 6.54. The molecule has 0 aliphatic rings. The molecule has 1 N–H and O–H groups in total. The SMILES string of the molecule is CCCc1ccc(-c2ccc(Nc3cccc4c3c3cccc5c6ccccc6n4c53)cc2)cc1-c1ccccc1C.Cc1ccccc1. The van der Waals surface area contributed by atoms with Crippen LogP contribution >= 0.6 is 0 Å². The summed E-state index contributed by atoms with van der Waals surface area (Å²) in [5.74, 6) is 0. The number of hydrogen-bond donors (Lipinski definition) is 1. The molecule has 2 nitrogen and oxygen atoms in total. The van der Waals surface area contributed by atoms with Gasteiger partial charge < -0.3 is 9.72 Å². The number of para-hydroxylation sites is 2. The van der Waals surface area contributed by atoms with E-state index in [2.05, 4.69) is 170 Å². The molecule has 0 unspecified atom stereocenters. The van der Waals surface area contributed by atoms with E-state index in [0.717, 1.165) is 24.2 Å². The van der Waals surface area contributed by atoms with E-state index < -0.39 is 0 Å². The van der Waals surface area contributed by atoms with Crippen LogP contribution in [0.3, 0.4) is 0 Å². The summed E-state index contributed by atoms with van der Waals surface area (Å²) in [6.07, 6.45) is 2.22. The first kappa shape index (κ1) is 30.5. The van der Waals surface area contributed by atoms with E-state index in [1.54, 1.807) is 0 Å². The Morgan fingerprint density at radius 3 is 1.98 bits per heavy atom. The predicted octanol–water partition coefficient (Wildman–Crippen LogP) is 13.2. The van der Waals surface area contributed by atoms with Crippen molar-refractivity contribution in [2.75, 3.05) is 5.32 Å². The third-order valence-corrected chi connectivity index (χ3v) is 9.75. The number of fused-ring (bicyclic) bond motifs is 6. The van der Waals surface area contributed by atoms with Crippen LogP contribution in [0.15, 0.2) is 158 Å². The Kier molecular flexibility index (Phi) is 8.07. The van der Waals surface area contributed by atoms with Crippen LogP contribution < -0.4 is 5.32 Å². The maximum atomic E-state index is 3.76. The van der Waals surface area contributed by atoms with Crippen molar-refractivity contribution in [2.24, 2.45) is 0 Å². The monoisotopic (exact) mass is 632 g/mol. The van der Waals surface area contributed by atoms with Crippen LogP contribution in [0.5, 0.6) is 0 Å². The number of nitrogens with zero attached hydrogens (tertiary/aromatic N) is 1. The number of anilines is 2. The van der Waals surface area contributed by atoms with E-state index in [9.17, 15) is 0 Å². The second-order valence-corrected chi connectivity index (χ2v) is 13.0. The fourth-order valence-electron chi connectivity index (χ4n) is 7.39. The van der Waals surface area contributed by atoms with Gasteiger partial charge in [-0.2, -0.15) is 0 Å². The van der Waals surface area contributed by atoms with Gasteiger partial charge in [0.25, 0.3) is 0 Å². The number of benzene rings is 7. The van der Waals surface area contributed by atoms with E-state index in [0.29, 0.717) is 0 Å². The highest BCUT2D eigenvalue weighted by molar-refractivity contribution is 6.25. The van der Waals surface area contributed by atoms with Crippen LogP contribution in [0.2, 0.25) is 0 Å². The highest BCUT2D eigenvalue weighted by Gasteiger charge is 2.18. The van der Waals surface area contributed by atoms with Crippen molar-refractivity contribution in [1.82, 2.24) is 4.40 Å². The number of nitrogens with one attached hydrogen (secondary N) is 1. The van der Waals surface area contributed by atoms with Crippen molar-refractivity contribution in [3.05, 3.63) is 174 Å². The summed E-state index contributed by atoms with van der Waals surface area (Å²) < 4.78 is 2.43. The molecule has 0 radical (unpaired) electrons. The van der Waals surface area contributed by atoms with Gasteiger partial charge in [0.1, 0.15) is 0 Å². The normalized spacial score (nSPS) is 11.3. The van der Waals surface area contributed by atoms with Crippen molar-refractivity contribution in [3.63, 3.8) is 0 Å². The highest BCUT2D eigenvalue weighted by Crippen LogP contribution is 2.42. The zero-order valence-electron chi connectivity index (χ0n) is 28.4. The smallest absolute Gasteiger partial charge is 0.0621 e. The molecule has 0 aliphatic heterocycles. The summed E-state index contributed by atoms with van der Waals surface area (Å²) in [5.41, 5.74) is 15.2. The minimum absolute atomic E-state index is 1.09. The second-order valence-electron chi connectivity index (χ2n) is 13.0. The van der Waals surface area contributed by atoms with Crippen LogP contribution in [-0.4, -0.2) is 4.40 Å². The first-order valence-electron chi connectivity index (χ1n) is 17.3. The number of rotatable bonds is 6. The fraction of sp³-hybridized carbons (Fsp3) is 0.106. The minimum atomic E-state index is 1.09. The fourth-order valence-corrected chi connectivity index (χ4v) is 7.39. The van der Waals surface area contributed by atoms with E-state index in [4.69, 9.17) is 0 Å². The Morgan fingerprint density at radius 2 is 1.20 bits per heavy atom. The van der Waals surface area contributed by atoms with Crippen molar-refractivity contribution in [1.29, 1.82) is 0 Å². The number of aromatic nitrogens is 1. The van der Waals surface area contributed by atoms with Gasteiger partial charge in [-0.05, 0) is 90.0 Å². The second kappa shape index (κ2) is 13.0. The predicted molar refractivity (Wildman–Crippen MR) is 212 cm³/mol. The topological polar surface area (TPSA) is 16.4 Å². The molecular weight excluding hydrogens is 593 g/mol. The Labute approximate surface area is 288 Å². The molecule has 0 amide bonds. The Balaban J connectivity index is 0.000000446. The lowest BCUT2D eigenvalue weighted by Crippen LogP contribution is -1.94. The lowest BCUT2D eigenvalue weighted by molar-refractivity contribution is 0.923. The molecule has 49 heavy (non-hydrogen) atoms. The molecule has 2 aromatic heterocycles. The van der Waals surface area contributed by atoms with Gasteiger partial charge in [-0.3, -0.25) is 0 Å². The molecule has 7 aromatic carbocycles. The van der Waals surface area contributed by atoms with E-state index in [-0.39, 0.29) is 0 Å². The molecule has 0 atom stereocenters. The van der Waals surface area contributed by atoms with E-state index in [1.165, 1.54) is 77.0 Å². The summed E-state index contributed by atoms with van der Waals surface area (Å²) in [5, 5.41) is 8.93. The summed E-state index contributed by atoms with van der Waals surface area (Å²) >= 11 is 0. The Morgan fingerprint density at radius 1 is 0.531 bits per heavy atom. The van der Waals surface area contributed by atoms with Gasteiger partial charge in [0.2, 0.25) is 0 Å². The minimum Gasteiger partial charge on any atom is -0.355 e. The van der Waals surface area contributed by atoms with Crippen molar-refractivity contribution in [3.8, 4) is 22.3 Å². The molecule has 0 bridgehead atoms. The van der Waals surface area contributed by atoms with Gasteiger partial charge in [0, 0.05) is 32.9 Å². The largest absolute Gasteiger partial charge is 0.355 e. The lowest BCUT2D eigenvalue weighted by atomic mass is 9.90. The van der Waals surface area contributed by atoms with Crippen LogP contribution in [0.1, 0.15) is 30.0 Å². The van der Waals surface area contributed by atoms with Gasteiger partial charge >= 0.3 is 0 Å². The molecule has 0 spiro atoms. The van der Waals surface area contributed by atoms with Crippen LogP contribution in [0.25, 0.3) is 60.3 Å². The number of aryl methyl sites for hydroxylation is 3. The third kappa shape index (κ3) is 5.60. The van der Waals surface area contributed by atoms with Crippen molar-refractivity contribution < 1.29 is 0 Å². The third-order valence-electron chi connectivity index (χ3n) is 9.75. The first-order chi connectivity index (χ1) is 24.1. The van der Waals surface area contributed by atoms with Crippen LogP contribution in [-0.2, 0) is 6.42 Å². The maximum absolute atomic E-state index is 3.76. The molecule has 238 valence electrons. The molecule has 9 aromatic rings. The molecule has 0 saturated carbocycles. The van der Waals surface area contributed by atoms with Gasteiger partial charge in [0.05, 0.1) is 16.6 Å². The Hall–Kier alpha value is -5.86. The van der Waals surface area contributed by atoms with Gasteiger partial charge in [0.15, 0.2) is 0 Å². The maximum Gasteiger partial charge on any atom is 0.0621 e. The summed E-state index contributed by atoms with van der Waals surface area (Å²) in [4.78, 5) is 0. The molecule has 2 heteroatoms. The van der Waals surface area contributed by atoms with Crippen molar-refractivity contribution in [2.45, 2.75) is 33.6 Å². The first-order valence-corrected chi connectivity index (χ1v) is 17.3. The average molecular weight is 633 g/mol. The molecule has 9 rings (SSSR count). The van der Waals surface area contributed by atoms with Gasteiger partial charge in [-0.15, -0.1) is 0 Å². The van der Waals surface area contributed by atoms with Gasteiger partial charge in [-0.25, -0.2) is 0 Å². The van der Waals surface area contributed by atoms with Crippen LogP contribution in [0, 0.1) is 13.8 Å².